The standard InChI is InChI=1S/C5H13O2Si/c1-5(6)7-8(2,3)4/h5H,1-4H3. The van der Waals surface area contributed by atoms with E-state index in [-0.39, 0.29) is 0 Å². The lowest BCUT2D eigenvalue weighted by Crippen LogP contribution is -2.29. The Morgan fingerprint density at radius 3 is 1.75 bits per heavy atom. The predicted octanol–water partition coefficient (Wildman–Crippen LogP) is 1.61. The van der Waals surface area contributed by atoms with Gasteiger partial charge in [0.15, 0.2) is 14.6 Å². The molecule has 1 unspecified atom stereocenters. The molecule has 0 aromatic rings. The molecule has 0 spiro atoms. The number of hydrogen-bond donors (Lipinski definition) is 0. The van der Waals surface area contributed by atoms with Crippen LogP contribution in [0.3, 0.4) is 0 Å². The fraction of sp³-hybridized carbons (Fsp3) is 1.00. The molecule has 0 N–H and O–H groups in total. The van der Waals surface area contributed by atoms with Gasteiger partial charge in [-0.3, -0.25) is 0 Å². The monoisotopic (exact) mass is 133 g/mol. The Balaban J connectivity index is 3.39. The van der Waals surface area contributed by atoms with E-state index in [1.807, 2.05) is 19.6 Å². The lowest BCUT2D eigenvalue weighted by Gasteiger charge is -2.17. The van der Waals surface area contributed by atoms with Gasteiger partial charge in [0, 0.05) is 0 Å². The summed E-state index contributed by atoms with van der Waals surface area (Å²) in [6, 6.07) is 0. The summed E-state index contributed by atoms with van der Waals surface area (Å²) in [6.07, 6.45) is -0.846. The van der Waals surface area contributed by atoms with Gasteiger partial charge in [-0.15, -0.1) is 0 Å². The molecule has 0 aliphatic carbocycles. The van der Waals surface area contributed by atoms with E-state index < -0.39 is 14.6 Å². The zero-order chi connectivity index (χ0) is 6.78. The van der Waals surface area contributed by atoms with E-state index in [0.717, 1.165) is 0 Å². The maximum Gasteiger partial charge on any atom is 0.187 e. The van der Waals surface area contributed by atoms with Gasteiger partial charge in [-0.05, 0) is 26.6 Å². The van der Waals surface area contributed by atoms with E-state index in [2.05, 4.69) is 0 Å². The van der Waals surface area contributed by atoms with Gasteiger partial charge in [0.1, 0.15) is 0 Å². The third-order valence-electron chi connectivity index (χ3n) is 0.520. The van der Waals surface area contributed by atoms with Crippen molar-refractivity contribution in [3.8, 4) is 0 Å². The normalized spacial score (nSPS) is 16.1. The average Bonchev–Trinajstić information content (AvgIpc) is 1.21. The van der Waals surface area contributed by atoms with E-state index in [9.17, 15) is 5.11 Å². The predicted molar refractivity (Wildman–Crippen MR) is 34.6 cm³/mol. The first kappa shape index (κ1) is 8.14. The van der Waals surface area contributed by atoms with Crippen molar-refractivity contribution in [2.75, 3.05) is 0 Å². The van der Waals surface area contributed by atoms with Gasteiger partial charge in [-0.2, -0.15) is 0 Å². The molecule has 0 aromatic heterocycles. The summed E-state index contributed by atoms with van der Waals surface area (Å²) in [5.41, 5.74) is 0. The smallest absolute Gasteiger partial charge is 0.187 e. The third-order valence-corrected chi connectivity index (χ3v) is 1.56. The van der Waals surface area contributed by atoms with Gasteiger partial charge in [0.25, 0.3) is 0 Å². The second-order valence-electron chi connectivity index (χ2n) is 2.80. The molecule has 0 saturated heterocycles. The first-order chi connectivity index (χ1) is 3.42. The van der Waals surface area contributed by atoms with Crippen LogP contribution in [0.5, 0.6) is 0 Å². The maximum absolute atomic E-state index is 10.4. The second kappa shape index (κ2) is 2.62. The fourth-order valence-electron chi connectivity index (χ4n) is 0.498. The highest BCUT2D eigenvalue weighted by Gasteiger charge is 2.16. The van der Waals surface area contributed by atoms with Crippen LogP contribution < -0.4 is 0 Å². The Kier molecular flexibility index (Phi) is 2.66. The van der Waals surface area contributed by atoms with Crippen molar-refractivity contribution in [2.24, 2.45) is 0 Å². The molecular weight excluding hydrogens is 120 g/mol. The molecule has 8 heavy (non-hydrogen) atoms. The lowest BCUT2D eigenvalue weighted by molar-refractivity contribution is -0.0612. The van der Waals surface area contributed by atoms with Crippen LogP contribution in [0, 0.1) is 0 Å². The first-order valence-electron chi connectivity index (χ1n) is 2.75. The number of rotatable bonds is 2. The van der Waals surface area contributed by atoms with Crippen LogP contribution in [-0.4, -0.2) is 14.6 Å². The minimum atomic E-state index is -1.53. The Morgan fingerprint density at radius 1 is 1.38 bits per heavy atom. The van der Waals surface area contributed by atoms with Crippen molar-refractivity contribution >= 4 is 8.32 Å². The van der Waals surface area contributed by atoms with Crippen molar-refractivity contribution in [3.63, 3.8) is 0 Å². The summed E-state index contributed by atoms with van der Waals surface area (Å²) in [4.78, 5) is 0. The van der Waals surface area contributed by atoms with Crippen LogP contribution in [0.4, 0.5) is 0 Å². The highest BCUT2D eigenvalue weighted by atomic mass is 28.4. The Hall–Kier alpha value is 0.137. The second-order valence-corrected chi connectivity index (χ2v) is 7.26. The molecule has 0 saturated carbocycles. The van der Waals surface area contributed by atoms with Crippen LogP contribution in [0.15, 0.2) is 0 Å². The summed E-state index contributed by atoms with van der Waals surface area (Å²) >= 11 is 0. The van der Waals surface area contributed by atoms with Gasteiger partial charge in [-0.25, -0.2) is 5.11 Å². The molecule has 3 heteroatoms. The molecule has 0 aliphatic heterocycles. The van der Waals surface area contributed by atoms with E-state index >= 15 is 0 Å². The molecule has 2 nitrogen and oxygen atoms in total. The Morgan fingerprint density at radius 2 is 1.75 bits per heavy atom. The summed E-state index contributed by atoms with van der Waals surface area (Å²) in [5.74, 6) is 0. The largest absolute Gasteiger partial charge is 0.391 e. The van der Waals surface area contributed by atoms with E-state index in [1.165, 1.54) is 6.92 Å². The molecule has 0 aromatic carbocycles. The van der Waals surface area contributed by atoms with Gasteiger partial charge in [0.2, 0.25) is 0 Å². The molecule has 0 bridgehead atoms. The van der Waals surface area contributed by atoms with Crippen LogP contribution in [-0.2, 0) is 9.53 Å². The Labute approximate surface area is 51.6 Å². The zero-order valence-corrected chi connectivity index (χ0v) is 6.89. The zero-order valence-electron chi connectivity index (χ0n) is 5.89. The van der Waals surface area contributed by atoms with Gasteiger partial charge < -0.3 is 4.43 Å². The van der Waals surface area contributed by atoms with Gasteiger partial charge in [0.05, 0.1) is 0 Å². The highest BCUT2D eigenvalue weighted by Crippen LogP contribution is 2.04. The third kappa shape index (κ3) is 6.14. The molecule has 0 aliphatic rings. The van der Waals surface area contributed by atoms with Crippen molar-refractivity contribution in [1.29, 1.82) is 0 Å². The fourth-order valence-corrected chi connectivity index (χ4v) is 1.49. The first-order valence-corrected chi connectivity index (χ1v) is 6.16. The van der Waals surface area contributed by atoms with Gasteiger partial charge >= 0.3 is 0 Å². The van der Waals surface area contributed by atoms with Gasteiger partial charge in [-0.1, -0.05) is 0 Å². The van der Waals surface area contributed by atoms with Crippen LogP contribution in [0.1, 0.15) is 6.92 Å². The Bertz CT molecular complexity index is 65.3. The maximum atomic E-state index is 10.4. The summed E-state index contributed by atoms with van der Waals surface area (Å²) in [5, 5.41) is 10.4. The van der Waals surface area contributed by atoms with Crippen molar-refractivity contribution in [1.82, 2.24) is 0 Å². The number of hydrogen-bond acceptors (Lipinski definition) is 1. The summed E-state index contributed by atoms with van der Waals surface area (Å²) in [6.45, 7) is 7.53. The topological polar surface area (TPSA) is 29.1 Å². The summed E-state index contributed by atoms with van der Waals surface area (Å²) in [7, 11) is -1.53. The van der Waals surface area contributed by atoms with E-state index in [4.69, 9.17) is 4.43 Å². The summed E-state index contributed by atoms with van der Waals surface area (Å²) < 4.78 is 5.02. The molecule has 1 atom stereocenters. The van der Waals surface area contributed by atoms with Crippen LogP contribution in [0.2, 0.25) is 19.6 Å². The lowest BCUT2D eigenvalue weighted by atomic mass is 10.8. The minimum absolute atomic E-state index is 0.846. The van der Waals surface area contributed by atoms with E-state index in [1.54, 1.807) is 0 Å². The highest BCUT2D eigenvalue weighted by molar-refractivity contribution is 6.69. The average molecular weight is 133 g/mol. The quantitative estimate of drug-likeness (QED) is 0.415. The molecule has 0 fully saturated rings. The molecule has 0 amide bonds. The molecule has 49 valence electrons. The molecular formula is C5H13O2Si. The molecule has 1 radical (unpaired) electrons. The van der Waals surface area contributed by atoms with E-state index in [0.29, 0.717) is 0 Å². The van der Waals surface area contributed by atoms with Crippen molar-refractivity contribution in [2.45, 2.75) is 32.9 Å². The van der Waals surface area contributed by atoms with Crippen molar-refractivity contribution < 1.29 is 9.53 Å². The minimum Gasteiger partial charge on any atom is -0.391 e. The van der Waals surface area contributed by atoms with Crippen LogP contribution in [0.25, 0.3) is 0 Å². The molecule has 0 heterocycles. The van der Waals surface area contributed by atoms with Crippen molar-refractivity contribution in [3.05, 3.63) is 0 Å². The van der Waals surface area contributed by atoms with Crippen LogP contribution >= 0.6 is 0 Å². The SMILES string of the molecule is CC([O])O[Si](C)(C)C. The molecule has 0 rings (SSSR count).